The molecule has 0 atom stereocenters. The molecule has 106 valence electrons. The molecule has 0 aliphatic heterocycles. The summed E-state index contributed by atoms with van der Waals surface area (Å²) < 4.78 is 3.14. The first kappa shape index (κ1) is 16.2. The van der Waals surface area contributed by atoms with Crippen LogP contribution < -0.4 is 10.2 Å². The van der Waals surface area contributed by atoms with Crippen LogP contribution in [0.2, 0.25) is 0 Å². The number of hydrogen-bond acceptors (Lipinski definition) is 3. The Morgan fingerprint density at radius 2 is 1.89 bits per heavy atom. The van der Waals surface area contributed by atoms with Crippen LogP contribution in [0, 0.1) is 6.92 Å². The van der Waals surface area contributed by atoms with Gasteiger partial charge in [0, 0.05) is 12.7 Å². The fourth-order valence-corrected chi connectivity index (χ4v) is 1.44. The molecule has 19 heavy (non-hydrogen) atoms. The van der Waals surface area contributed by atoms with Crippen LogP contribution in [0.4, 0.5) is 10.5 Å². The number of nitrogens with one attached hydrogen (secondary N) is 1. The third-order valence-corrected chi connectivity index (χ3v) is 2.63. The van der Waals surface area contributed by atoms with Crippen LogP contribution in [0.3, 0.4) is 0 Å². The number of alkyl halides is 3. The highest BCUT2D eigenvalue weighted by atomic mass is 35.6. The number of hydrogen-bond donors (Lipinski definition) is 1. The smallest absolute Gasteiger partial charge is 0.408 e. The van der Waals surface area contributed by atoms with Crippen molar-refractivity contribution in [3.63, 3.8) is 0 Å². The Balaban J connectivity index is 2.35. The lowest BCUT2D eigenvalue weighted by molar-refractivity contribution is 0.148. The molecule has 0 aromatic heterocycles. The maximum atomic E-state index is 11.3. The minimum absolute atomic E-state index is 0.293. The molecule has 7 heteroatoms. The molecular formula is C12H15Cl3N2O2. The Morgan fingerprint density at radius 3 is 2.42 bits per heavy atom. The van der Waals surface area contributed by atoms with Crippen molar-refractivity contribution in [2.24, 2.45) is 0 Å². The van der Waals surface area contributed by atoms with Crippen LogP contribution in [0.1, 0.15) is 5.56 Å². The second-order valence-electron chi connectivity index (χ2n) is 4.06. The van der Waals surface area contributed by atoms with E-state index in [2.05, 4.69) is 5.32 Å². The molecule has 1 amide bonds. The number of nitrogens with zero attached hydrogens (tertiary/aromatic N) is 1. The van der Waals surface area contributed by atoms with Gasteiger partial charge < -0.3 is 15.0 Å². The topological polar surface area (TPSA) is 41.6 Å². The number of anilines is 1. The van der Waals surface area contributed by atoms with Crippen molar-refractivity contribution in [3.8, 4) is 0 Å². The molecule has 0 spiro atoms. The van der Waals surface area contributed by atoms with Gasteiger partial charge in [-0.25, -0.2) is 4.79 Å². The number of ether oxygens (including phenoxy) is 1. The lowest BCUT2D eigenvalue weighted by Gasteiger charge is -2.20. The van der Waals surface area contributed by atoms with E-state index in [1.165, 1.54) is 5.56 Å². The molecule has 0 aliphatic rings. The Morgan fingerprint density at radius 1 is 1.32 bits per heavy atom. The van der Waals surface area contributed by atoms with Gasteiger partial charge in [0.05, 0.1) is 6.67 Å². The summed E-state index contributed by atoms with van der Waals surface area (Å²) in [5, 5.41) is 2.56. The molecule has 0 radical (unpaired) electrons. The average molecular weight is 326 g/mol. The molecule has 0 saturated heterocycles. The normalized spacial score (nSPS) is 11.0. The number of halogens is 3. The number of benzene rings is 1. The number of alkyl carbamates (subject to hydrolysis) is 1. The zero-order valence-corrected chi connectivity index (χ0v) is 12.9. The summed E-state index contributed by atoms with van der Waals surface area (Å²) in [6.07, 6.45) is -0.634. The zero-order valence-electron chi connectivity index (χ0n) is 10.6. The SMILES string of the molecule is Cc1ccc(N(C)CNC(=O)OCC(Cl)(Cl)Cl)cc1. The van der Waals surface area contributed by atoms with E-state index in [4.69, 9.17) is 39.5 Å². The van der Waals surface area contributed by atoms with E-state index < -0.39 is 9.89 Å². The third-order valence-electron chi connectivity index (χ3n) is 2.30. The molecule has 0 heterocycles. The third kappa shape index (κ3) is 6.76. The zero-order chi connectivity index (χ0) is 14.5. The summed E-state index contributed by atoms with van der Waals surface area (Å²) in [7, 11) is 1.85. The minimum atomic E-state index is -1.60. The number of carbonyl (C=O) groups is 1. The average Bonchev–Trinajstić information content (AvgIpc) is 2.33. The lowest BCUT2D eigenvalue weighted by Crippen LogP contribution is -2.36. The van der Waals surface area contributed by atoms with Gasteiger partial charge in [-0.15, -0.1) is 0 Å². The fourth-order valence-electron chi connectivity index (χ4n) is 1.27. The van der Waals surface area contributed by atoms with Gasteiger partial charge in [0.15, 0.2) is 0 Å². The van der Waals surface area contributed by atoms with E-state index in [1.54, 1.807) is 0 Å². The monoisotopic (exact) mass is 324 g/mol. The Bertz CT molecular complexity index is 418. The Kier molecular flexibility index (Phi) is 6.04. The first-order chi connectivity index (χ1) is 8.78. The first-order valence-corrected chi connectivity index (χ1v) is 6.66. The quantitative estimate of drug-likeness (QED) is 0.680. The molecule has 1 aromatic rings. The predicted molar refractivity (Wildman–Crippen MR) is 79.2 cm³/mol. The Hall–Kier alpha value is -0.840. The molecule has 1 rings (SSSR count). The van der Waals surface area contributed by atoms with Crippen molar-refractivity contribution in [1.29, 1.82) is 0 Å². The molecule has 0 aliphatic carbocycles. The number of amides is 1. The highest BCUT2D eigenvalue weighted by Crippen LogP contribution is 2.25. The van der Waals surface area contributed by atoms with Gasteiger partial charge >= 0.3 is 6.09 Å². The van der Waals surface area contributed by atoms with E-state index in [0.29, 0.717) is 6.67 Å². The molecule has 0 fully saturated rings. The highest BCUT2D eigenvalue weighted by molar-refractivity contribution is 6.67. The summed E-state index contributed by atoms with van der Waals surface area (Å²) in [4.78, 5) is 13.2. The Labute approximate surface area is 127 Å². The van der Waals surface area contributed by atoms with Crippen molar-refractivity contribution >= 4 is 46.6 Å². The summed E-state index contributed by atoms with van der Waals surface area (Å²) in [6.45, 7) is 2.01. The van der Waals surface area contributed by atoms with E-state index in [1.807, 2.05) is 43.1 Å². The van der Waals surface area contributed by atoms with Gasteiger partial charge in [-0.1, -0.05) is 52.5 Å². The van der Waals surface area contributed by atoms with Gasteiger partial charge in [0.2, 0.25) is 3.79 Å². The van der Waals surface area contributed by atoms with Gasteiger partial charge in [-0.05, 0) is 19.1 Å². The van der Waals surface area contributed by atoms with E-state index in [0.717, 1.165) is 5.69 Å². The number of aryl methyl sites for hydroxylation is 1. The first-order valence-electron chi connectivity index (χ1n) is 5.53. The van der Waals surface area contributed by atoms with Gasteiger partial charge in [0.1, 0.15) is 6.61 Å². The molecule has 0 bridgehead atoms. The van der Waals surface area contributed by atoms with Crippen molar-refractivity contribution < 1.29 is 9.53 Å². The summed E-state index contributed by atoms with van der Waals surface area (Å²) in [5.74, 6) is 0. The standard InChI is InChI=1S/C12H15Cl3N2O2/c1-9-3-5-10(6-4-9)17(2)8-16-11(18)19-7-12(13,14)15/h3-6H,7-8H2,1-2H3,(H,16,18). The second kappa shape index (κ2) is 7.08. The molecule has 1 aromatic carbocycles. The lowest BCUT2D eigenvalue weighted by atomic mass is 10.2. The number of rotatable bonds is 4. The summed E-state index contributed by atoms with van der Waals surface area (Å²) in [5.41, 5.74) is 2.15. The van der Waals surface area contributed by atoms with Gasteiger partial charge in [-0.3, -0.25) is 0 Å². The predicted octanol–water partition coefficient (Wildman–Crippen LogP) is 3.49. The van der Waals surface area contributed by atoms with E-state index in [9.17, 15) is 4.79 Å². The highest BCUT2D eigenvalue weighted by Gasteiger charge is 2.22. The van der Waals surface area contributed by atoms with E-state index >= 15 is 0 Å². The number of carbonyl (C=O) groups excluding carboxylic acids is 1. The van der Waals surface area contributed by atoms with E-state index in [-0.39, 0.29) is 6.61 Å². The van der Waals surface area contributed by atoms with Gasteiger partial charge in [-0.2, -0.15) is 0 Å². The molecule has 4 nitrogen and oxygen atoms in total. The van der Waals surface area contributed by atoms with Crippen molar-refractivity contribution in [2.45, 2.75) is 10.7 Å². The van der Waals surface area contributed by atoms with Crippen LogP contribution in [0.15, 0.2) is 24.3 Å². The van der Waals surface area contributed by atoms with Gasteiger partial charge in [0.25, 0.3) is 0 Å². The van der Waals surface area contributed by atoms with Crippen molar-refractivity contribution in [2.75, 3.05) is 25.2 Å². The molecular weight excluding hydrogens is 311 g/mol. The van der Waals surface area contributed by atoms with Crippen molar-refractivity contribution in [1.82, 2.24) is 5.32 Å². The van der Waals surface area contributed by atoms with Crippen LogP contribution in [-0.4, -0.2) is 30.2 Å². The maximum Gasteiger partial charge on any atom is 0.408 e. The molecule has 0 unspecified atom stereocenters. The van der Waals surface area contributed by atoms with Crippen LogP contribution >= 0.6 is 34.8 Å². The second-order valence-corrected chi connectivity index (χ2v) is 6.58. The van der Waals surface area contributed by atoms with Crippen LogP contribution in [0.5, 0.6) is 0 Å². The van der Waals surface area contributed by atoms with Crippen molar-refractivity contribution in [3.05, 3.63) is 29.8 Å². The maximum absolute atomic E-state index is 11.3. The minimum Gasteiger partial charge on any atom is -0.445 e. The fraction of sp³-hybridized carbons (Fsp3) is 0.417. The van der Waals surface area contributed by atoms with Crippen LogP contribution in [0.25, 0.3) is 0 Å². The largest absolute Gasteiger partial charge is 0.445 e. The summed E-state index contributed by atoms with van der Waals surface area (Å²) in [6, 6.07) is 7.91. The molecule has 0 saturated carbocycles. The summed E-state index contributed by atoms with van der Waals surface area (Å²) >= 11 is 16.4. The molecule has 1 N–H and O–H groups in total. The van der Waals surface area contributed by atoms with Crippen LogP contribution in [-0.2, 0) is 4.74 Å².